The molecule has 0 unspecified atom stereocenters. The van der Waals surface area contributed by atoms with Crippen molar-refractivity contribution in [2.24, 2.45) is 11.3 Å². The van der Waals surface area contributed by atoms with Gasteiger partial charge in [0.1, 0.15) is 0 Å². The number of fused-ring (bicyclic) bond motifs is 1. The maximum absolute atomic E-state index is 12.8. The van der Waals surface area contributed by atoms with E-state index in [1.807, 2.05) is 42.2 Å². The van der Waals surface area contributed by atoms with Crippen LogP contribution in [0.4, 0.5) is 4.79 Å². The van der Waals surface area contributed by atoms with E-state index >= 15 is 0 Å². The number of hydrogen-bond donors (Lipinski definition) is 3. The number of likely N-dealkylation sites (tertiary alicyclic amines) is 1. The minimum absolute atomic E-state index is 0.0750. The number of H-pyrrole nitrogens is 1. The summed E-state index contributed by atoms with van der Waals surface area (Å²) < 4.78 is 0. The first-order chi connectivity index (χ1) is 15.3. The third kappa shape index (κ3) is 4.45. The number of benzene rings is 1. The molecule has 2 amide bonds. The average molecular weight is 456 g/mol. The lowest BCUT2D eigenvalue weighted by Gasteiger charge is -2.43. The van der Waals surface area contributed by atoms with Crippen LogP contribution in [0.2, 0.25) is 5.02 Å². The fraction of sp³-hybridized carbons (Fsp3) is 0.458. The van der Waals surface area contributed by atoms with Crippen LogP contribution in [0.25, 0.3) is 10.9 Å². The van der Waals surface area contributed by atoms with Gasteiger partial charge in [0.2, 0.25) is 0 Å². The Morgan fingerprint density at radius 2 is 2.06 bits per heavy atom. The van der Waals surface area contributed by atoms with Crippen LogP contribution in [0.5, 0.6) is 0 Å². The second kappa shape index (κ2) is 9.08. The van der Waals surface area contributed by atoms with Crippen LogP contribution in [0.15, 0.2) is 42.7 Å². The van der Waals surface area contributed by atoms with Crippen molar-refractivity contribution in [3.8, 4) is 0 Å². The second-order valence-corrected chi connectivity index (χ2v) is 9.68. The summed E-state index contributed by atoms with van der Waals surface area (Å²) in [4.78, 5) is 18.9. The normalized spacial score (nSPS) is 17.3. The Morgan fingerprint density at radius 3 is 2.75 bits per heavy atom. The molecule has 3 heterocycles. The van der Waals surface area contributed by atoms with Crippen LogP contribution in [0.3, 0.4) is 0 Å². The van der Waals surface area contributed by atoms with Crippen molar-refractivity contribution in [1.29, 1.82) is 0 Å². The fourth-order valence-corrected chi connectivity index (χ4v) is 4.93. The zero-order valence-corrected chi connectivity index (χ0v) is 19.4. The number of hydrogen-bond acceptors (Lipinski definition) is 4. The molecule has 0 aliphatic carbocycles. The first kappa shape index (κ1) is 22.6. The second-order valence-electron chi connectivity index (χ2n) is 9.24. The minimum atomic E-state index is -0.710. The molecule has 1 fully saturated rings. The van der Waals surface area contributed by atoms with Gasteiger partial charge in [0.25, 0.3) is 0 Å². The van der Waals surface area contributed by atoms with Crippen LogP contribution in [-0.2, 0) is 0 Å². The molecule has 2 aromatic heterocycles. The van der Waals surface area contributed by atoms with E-state index in [4.69, 9.17) is 11.6 Å². The van der Waals surface area contributed by atoms with E-state index in [0.29, 0.717) is 18.1 Å². The van der Waals surface area contributed by atoms with Gasteiger partial charge < -0.3 is 15.3 Å². The number of nitrogens with zero attached hydrogens (tertiary/aromatic N) is 3. The van der Waals surface area contributed by atoms with Gasteiger partial charge in [-0.2, -0.15) is 5.10 Å². The van der Waals surface area contributed by atoms with Gasteiger partial charge in [-0.3, -0.25) is 10.1 Å². The molecule has 0 spiro atoms. The van der Waals surface area contributed by atoms with Crippen LogP contribution in [0.1, 0.15) is 57.0 Å². The highest BCUT2D eigenvalue weighted by Gasteiger charge is 2.40. The smallest absolute Gasteiger partial charge is 0.317 e. The molecule has 0 saturated carbocycles. The number of amides is 2. The first-order valence-electron chi connectivity index (χ1n) is 11.0. The van der Waals surface area contributed by atoms with E-state index in [1.54, 1.807) is 12.4 Å². The van der Waals surface area contributed by atoms with Crippen LogP contribution in [-0.4, -0.2) is 44.3 Å². The lowest BCUT2D eigenvalue weighted by atomic mass is 9.68. The number of rotatable bonds is 5. The Balaban J connectivity index is 1.40. The Kier molecular flexibility index (Phi) is 6.40. The molecule has 3 N–H and O–H groups in total. The maximum Gasteiger partial charge on any atom is 0.317 e. The summed E-state index contributed by atoms with van der Waals surface area (Å²) in [6, 6.07) is 9.12. The Bertz CT molecular complexity index is 1080. The summed E-state index contributed by atoms with van der Waals surface area (Å²) in [6.45, 7) is 7.41. The summed E-state index contributed by atoms with van der Waals surface area (Å²) >= 11 is 6.29. The molecular formula is C24H30ClN5O2. The van der Waals surface area contributed by atoms with E-state index in [9.17, 15) is 9.90 Å². The SMILES string of the molecule is C[C@@H](NC(=O)N1CCC(C(C)(C)[C@H](O)c2cc(Cl)cc3cn[nH]c23)CC1)c1ccccn1. The van der Waals surface area contributed by atoms with Crippen molar-refractivity contribution in [2.75, 3.05) is 13.1 Å². The molecule has 170 valence electrons. The van der Waals surface area contributed by atoms with Crippen molar-refractivity contribution in [1.82, 2.24) is 25.4 Å². The van der Waals surface area contributed by atoms with Gasteiger partial charge in [-0.25, -0.2) is 4.79 Å². The maximum atomic E-state index is 12.8. The summed E-state index contributed by atoms with van der Waals surface area (Å²) in [5.41, 5.74) is 2.02. The van der Waals surface area contributed by atoms with Crippen molar-refractivity contribution in [2.45, 2.75) is 45.8 Å². The quantitative estimate of drug-likeness (QED) is 0.512. The number of carbonyl (C=O) groups excluding carboxylic acids is 1. The highest BCUT2D eigenvalue weighted by molar-refractivity contribution is 6.31. The number of piperidine rings is 1. The molecule has 4 rings (SSSR count). The number of pyridine rings is 1. The highest BCUT2D eigenvalue weighted by Crippen LogP contribution is 2.46. The number of halogens is 1. The zero-order valence-electron chi connectivity index (χ0n) is 18.7. The van der Waals surface area contributed by atoms with E-state index in [-0.39, 0.29) is 18.0 Å². The lowest BCUT2D eigenvalue weighted by molar-refractivity contribution is -0.0144. The van der Waals surface area contributed by atoms with Gasteiger partial charge in [-0.15, -0.1) is 0 Å². The number of aromatic nitrogens is 3. The largest absolute Gasteiger partial charge is 0.388 e. The molecule has 32 heavy (non-hydrogen) atoms. The number of aromatic amines is 1. The van der Waals surface area contributed by atoms with E-state index in [1.165, 1.54) is 0 Å². The number of nitrogens with one attached hydrogen (secondary N) is 2. The Morgan fingerprint density at radius 1 is 1.31 bits per heavy atom. The van der Waals surface area contributed by atoms with Crippen molar-refractivity contribution < 1.29 is 9.90 Å². The van der Waals surface area contributed by atoms with Crippen molar-refractivity contribution >= 4 is 28.5 Å². The number of carbonyl (C=O) groups is 1. The van der Waals surface area contributed by atoms with Gasteiger partial charge in [0.05, 0.1) is 29.6 Å². The highest BCUT2D eigenvalue weighted by atomic mass is 35.5. The average Bonchev–Trinajstić information content (AvgIpc) is 3.27. The molecule has 3 aromatic rings. The lowest BCUT2D eigenvalue weighted by Crippen LogP contribution is -2.47. The number of aliphatic hydroxyl groups is 1. The van der Waals surface area contributed by atoms with Gasteiger partial charge in [0.15, 0.2) is 0 Å². The summed E-state index contributed by atoms with van der Waals surface area (Å²) in [7, 11) is 0. The van der Waals surface area contributed by atoms with Gasteiger partial charge in [0, 0.05) is 35.3 Å². The number of aliphatic hydroxyl groups excluding tert-OH is 1. The van der Waals surface area contributed by atoms with Crippen molar-refractivity contribution in [3.05, 3.63) is 59.0 Å². The molecule has 7 nitrogen and oxygen atoms in total. The standard InChI is InChI=1S/C24H30ClN5O2/c1-15(20-6-4-5-9-26-20)28-23(32)30-10-7-17(8-11-30)24(2,3)22(31)19-13-18(25)12-16-14-27-29-21(16)19/h4-6,9,12-15,17,22,31H,7-8,10-11H2,1-3H3,(H,27,29)(H,28,32)/t15-,22-/m1/s1. The van der Waals surface area contributed by atoms with E-state index in [0.717, 1.165) is 35.0 Å². The molecule has 0 bridgehead atoms. The van der Waals surface area contributed by atoms with Crippen LogP contribution < -0.4 is 5.32 Å². The van der Waals surface area contributed by atoms with E-state index < -0.39 is 11.5 Å². The molecule has 8 heteroatoms. The predicted octanol–water partition coefficient (Wildman–Crippen LogP) is 4.85. The molecule has 1 aliphatic heterocycles. The van der Waals surface area contributed by atoms with E-state index in [2.05, 4.69) is 34.3 Å². The van der Waals surface area contributed by atoms with Crippen molar-refractivity contribution in [3.63, 3.8) is 0 Å². The van der Waals surface area contributed by atoms with Gasteiger partial charge in [-0.1, -0.05) is 31.5 Å². The molecular weight excluding hydrogens is 426 g/mol. The monoisotopic (exact) mass is 455 g/mol. The zero-order chi connectivity index (χ0) is 22.9. The molecule has 1 aliphatic rings. The first-order valence-corrected chi connectivity index (χ1v) is 11.4. The molecule has 1 saturated heterocycles. The van der Waals surface area contributed by atoms with Gasteiger partial charge in [-0.05, 0) is 55.4 Å². The third-order valence-corrected chi connectivity index (χ3v) is 7.07. The summed E-state index contributed by atoms with van der Waals surface area (Å²) in [5.74, 6) is 0.256. The predicted molar refractivity (Wildman–Crippen MR) is 125 cm³/mol. The Hall–Kier alpha value is -2.64. The van der Waals surface area contributed by atoms with Gasteiger partial charge >= 0.3 is 6.03 Å². The third-order valence-electron chi connectivity index (χ3n) is 6.85. The minimum Gasteiger partial charge on any atom is -0.388 e. The Labute approximate surface area is 193 Å². The number of urea groups is 1. The topological polar surface area (TPSA) is 94.1 Å². The van der Waals surface area contributed by atoms with Crippen LogP contribution >= 0.6 is 11.6 Å². The molecule has 1 aromatic carbocycles. The van der Waals surface area contributed by atoms with Crippen LogP contribution in [0, 0.1) is 11.3 Å². The summed E-state index contributed by atoms with van der Waals surface area (Å²) in [5, 5.41) is 23.0. The fourth-order valence-electron chi connectivity index (χ4n) is 4.70. The molecule has 2 atom stereocenters. The molecule has 0 radical (unpaired) electrons. The summed E-state index contributed by atoms with van der Waals surface area (Å²) in [6.07, 6.45) is 4.38.